The average Bonchev–Trinajstić information content (AvgIpc) is 3.00. The van der Waals surface area contributed by atoms with Crippen molar-refractivity contribution < 1.29 is 4.74 Å². The fourth-order valence-electron chi connectivity index (χ4n) is 2.10. The summed E-state index contributed by atoms with van der Waals surface area (Å²) in [6.07, 6.45) is 7.15. The summed E-state index contributed by atoms with van der Waals surface area (Å²) in [5, 5.41) is 3.57. The van der Waals surface area contributed by atoms with Crippen molar-refractivity contribution in [3.8, 4) is 0 Å². The van der Waals surface area contributed by atoms with Crippen molar-refractivity contribution in [3.63, 3.8) is 0 Å². The van der Waals surface area contributed by atoms with Crippen molar-refractivity contribution >= 4 is 11.3 Å². The van der Waals surface area contributed by atoms with Crippen LogP contribution >= 0.6 is 11.3 Å². The summed E-state index contributed by atoms with van der Waals surface area (Å²) in [6, 6.07) is 3.13. The number of thiophene rings is 1. The Morgan fingerprint density at radius 3 is 2.82 bits per heavy atom. The minimum absolute atomic E-state index is 0.544. The average molecular weight is 251 g/mol. The van der Waals surface area contributed by atoms with Crippen molar-refractivity contribution in [2.24, 2.45) is 0 Å². The number of hydrogen-bond acceptors (Lipinski definition) is 3. The Labute approximate surface area is 107 Å². The Hall–Kier alpha value is -0.380. The molecular weight excluding hydrogens is 230 g/mol. The van der Waals surface area contributed by atoms with Gasteiger partial charge in [0.2, 0.25) is 0 Å². The third kappa shape index (κ3) is 3.09. The van der Waals surface area contributed by atoms with E-state index in [2.05, 4.69) is 18.3 Å². The van der Waals surface area contributed by atoms with Gasteiger partial charge >= 0.3 is 0 Å². The molecule has 1 aromatic heterocycles. The van der Waals surface area contributed by atoms with Crippen LogP contribution in [0.2, 0.25) is 0 Å². The summed E-state index contributed by atoms with van der Waals surface area (Å²) in [6.45, 7) is 4.07. The summed E-state index contributed by atoms with van der Waals surface area (Å²) in [5.41, 5.74) is 1.40. The molecule has 1 aromatic rings. The van der Waals surface area contributed by atoms with Crippen LogP contribution in [0.15, 0.2) is 6.07 Å². The predicted molar refractivity (Wildman–Crippen MR) is 71.3 cm³/mol. The molecule has 0 aliphatic heterocycles. The normalized spacial score (nSPS) is 20.5. The van der Waals surface area contributed by atoms with Gasteiger partial charge in [0, 0.05) is 22.3 Å². The van der Waals surface area contributed by atoms with E-state index in [4.69, 9.17) is 4.74 Å². The van der Waals surface area contributed by atoms with Gasteiger partial charge in [-0.3, -0.25) is 0 Å². The van der Waals surface area contributed by atoms with Gasteiger partial charge < -0.3 is 10.1 Å². The van der Waals surface area contributed by atoms with E-state index >= 15 is 0 Å². The van der Waals surface area contributed by atoms with Gasteiger partial charge in [0.1, 0.15) is 0 Å². The first kappa shape index (κ1) is 11.7. The van der Waals surface area contributed by atoms with Crippen molar-refractivity contribution in [2.75, 3.05) is 0 Å². The van der Waals surface area contributed by atoms with Crippen LogP contribution in [0, 0.1) is 6.92 Å². The third-order valence-corrected chi connectivity index (χ3v) is 4.83. The maximum atomic E-state index is 5.88. The highest BCUT2D eigenvalue weighted by Gasteiger charge is 2.21. The zero-order valence-electron chi connectivity index (χ0n) is 10.5. The van der Waals surface area contributed by atoms with Crippen LogP contribution in [-0.2, 0) is 17.9 Å². The van der Waals surface area contributed by atoms with Gasteiger partial charge in [0.05, 0.1) is 12.7 Å². The second-order valence-electron chi connectivity index (χ2n) is 5.31. The van der Waals surface area contributed by atoms with Gasteiger partial charge in [-0.05, 0) is 50.7 Å². The Bertz CT molecular complexity index is 380. The summed E-state index contributed by atoms with van der Waals surface area (Å²) in [4.78, 5) is 2.89. The molecule has 0 spiro atoms. The maximum absolute atomic E-state index is 5.88. The summed E-state index contributed by atoms with van der Waals surface area (Å²) < 4.78 is 5.88. The van der Waals surface area contributed by atoms with Crippen molar-refractivity contribution in [3.05, 3.63) is 21.4 Å². The lowest BCUT2D eigenvalue weighted by molar-refractivity contribution is -0.00871. The second-order valence-corrected chi connectivity index (χ2v) is 6.65. The zero-order chi connectivity index (χ0) is 11.7. The molecule has 94 valence electrons. The number of hydrogen-bond donors (Lipinski definition) is 1. The van der Waals surface area contributed by atoms with Gasteiger partial charge in [0.25, 0.3) is 0 Å². The first-order valence-corrected chi connectivity index (χ1v) is 7.56. The molecule has 3 rings (SSSR count). The molecule has 2 aliphatic rings. The lowest BCUT2D eigenvalue weighted by atomic mass is 9.96. The summed E-state index contributed by atoms with van der Waals surface area (Å²) >= 11 is 1.92. The highest BCUT2D eigenvalue weighted by atomic mass is 32.1. The standard InChI is InChI=1S/C14H21NOS/c1-10-11(9-16-13-3-2-4-13)7-14(17-10)8-15-12-5-6-12/h7,12-13,15H,2-6,8-9H2,1H3. The monoisotopic (exact) mass is 251 g/mol. The van der Waals surface area contributed by atoms with Crippen LogP contribution in [0.3, 0.4) is 0 Å². The number of nitrogens with one attached hydrogen (secondary N) is 1. The highest BCUT2D eigenvalue weighted by Crippen LogP contribution is 2.27. The molecule has 2 saturated carbocycles. The second kappa shape index (κ2) is 5.09. The van der Waals surface area contributed by atoms with E-state index in [9.17, 15) is 0 Å². The first-order chi connectivity index (χ1) is 8.31. The van der Waals surface area contributed by atoms with Crippen LogP contribution in [0.25, 0.3) is 0 Å². The van der Waals surface area contributed by atoms with E-state index < -0.39 is 0 Å². The molecule has 0 radical (unpaired) electrons. The Kier molecular flexibility index (Phi) is 3.50. The van der Waals surface area contributed by atoms with Gasteiger partial charge in [0.15, 0.2) is 0 Å². The molecule has 0 atom stereocenters. The lowest BCUT2D eigenvalue weighted by Gasteiger charge is -2.25. The van der Waals surface area contributed by atoms with Gasteiger partial charge in [-0.15, -0.1) is 11.3 Å². The van der Waals surface area contributed by atoms with E-state index in [0.717, 1.165) is 19.2 Å². The lowest BCUT2D eigenvalue weighted by Crippen LogP contribution is -2.21. The quantitative estimate of drug-likeness (QED) is 0.837. The molecule has 0 aromatic carbocycles. The molecule has 17 heavy (non-hydrogen) atoms. The van der Waals surface area contributed by atoms with Crippen molar-refractivity contribution in [1.82, 2.24) is 5.32 Å². The molecule has 0 unspecified atom stereocenters. The molecule has 2 nitrogen and oxygen atoms in total. The Morgan fingerprint density at radius 2 is 2.18 bits per heavy atom. The van der Waals surface area contributed by atoms with E-state index in [1.54, 1.807) is 0 Å². The largest absolute Gasteiger partial charge is 0.374 e. The maximum Gasteiger partial charge on any atom is 0.0731 e. The van der Waals surface area contributed by atoms with Gasteiger partial charge in [-0.2, -0.15) is 0 Å². The van der Waals surface area contributed by atoms with Crippen molar-refractivity contribution in [2.45, 2.75) is 64.3 Å². The molecule has 3 heteroatoms. The van der Waals surface area contributed by atoms with E-state index in [1.807, 2.05) is 11.3 Å². The molecule has 1 heterocycles. The van der Waals surface area contributed by atoms with Gasteiger partial charge in [-0.25, -0.2) is 0 Å². The molecule has 0 amide bonds. The Balaban J connectivity index is 1.51. The molecule has 0 bridgehead atoms. The smallest absolute Gasteiger partial charge is 0.0731 e. The summed E-state index contributed by atoms with van der Waals surface area (Å²) in [7, 11) is 0. The van der Waals surface area contributed by atoms with Crippen LogP contribution in [0.4, 0.5) is 0 Å². The molecule has 2 aliphatic carbocycles. The van der Waals surface area contributed by atoms with E-state index in [-0.39, 0.29) is 0 Å². The molecule has 1 N–H and O–H groups in total. The molecule has 0 saturated heterocycles. The number of aryl methyl sites for hydroxylation is 1. The fraction of sp³-hybridized carbons (Fsp3) is 0.714. The molecule has 2 fully saturated rings. The number of ether oxygens (including phenoxy) is 1. The summed E-state index contributed by atoms with van der Waals surface area (Å²) in [5.74, 6) is 0. The predicted octanol–water partition coefficient (Wildman–Crippen LogP) is 3.38. The fourth-order valence-corrected chi connectivity index (χ4v) is 3.09. The minimum atomic E-state index is 0.544. The highest BCUT2D eigenvalue weighted by molar-refractivity contribution is 7.12. The minimum Gasteiger partial charge on any atom is -0.374 e. The van der Waals surface area contributed by atoms with Crippen LogP contribution < -0.4 is 5.32 Å². The third-order valence-electron chi connectivity index (χ3n) is 3.74. The van der Waals surface area contributed by atoms with Crippen LogP contribution in [0.5, 0.6) is 0 Å². The number of rotatable bonds is 6. The van der Waals surface area contributed by atoms with E-state index in [1.165, 1.54) is 47.4 Å². The Morgan fingerprint density at radius 1 is 1.35 bits per heavy atom. The van der Waals surface area contributed by atoms with Crippen LogP contribution in [0.1, 0.15) is 47.4 Å². The zero-order valence-corrected chi connectivity index (χ0v) is 11.3. The van der Waals surface area contributed by atoms with Crippen LogP contribution in [-0.4, -0.2) is 12.1 Å². The topological polar surface area (TPSA) is 21.3 Å². The SMILES string of the molecule is Cc1sc(CNC2CC2)cc1COC1CCC1. The van der Waals surface area contributed by atoms with Gasteiger partial charge in [-0.1, -0.05) is 0 Å². The van der Waals surface area contributed by atoms with Crippen molar-refractivity contribution in [1.29, 1.82) is 0 Å². The van der Waals surface area contributed by atoms with E-state index in [0.29, 0.717) is 6.10 Å². The first-order valence-electron chi connectivity index (χ1n) is 6.74. The molecular formula is C14H21NOS.